The van der Waals surface area contributed by atoms with E-state index in [-0.39, 0.29) is 0 Å². The third kappa shape index (κ3) is 3.67. The van der Waals surface area contributed by atoms with E-state index in [4.69, 9.17) is 6.57 Å². The van der Waals surface area contributed by atoms with Crippen LogP contribution in [-0.2, 0) is 0 Å². The van der Waals surface area contributed by atoms with Crippen molar-refractivity contribution < 1.29 is 0 Å². The van der Waals surface area contributed by atoms with Crippen molar-refractivity contribution in [2.24, 2.45) is 5.92 Å². The van der Waals surface area contributed by atoms with Crippen LogP contribution >= 0.6 is 0 Å². The molecule has 46 valence electrons. The van der Waals surface area contributed by atoms with Crippen molar-refractivity contribution in [2.75, 3.05) is 6.54 Å². The molecular weight excluding hydrogens is 98.1 g/mol. The third-order valence-electron chi connectivity index (χ3n) is 1.43. The second-order valence-electron chi connectivity index (χ2n) is 2.18. The Morgan fingerprint density at radius 3 is 2.62 bits per heavy atom. The van der Waals surface area contributed by atoms with Crippen LogP contribution in [0.3, 0.4) is 0 Å². The summed E-state index contributed by atoms with van der Waals surface area (Å²) in [5, 5.41) is 0. The van der Waals surface area contributed by atoms with Crippen molar-refractivity contribution in [1.82, 2.24) is 0 Å². The van der Waals surface area contributed by atoms with Crippen molar-refractivity contribution in [2.45, 2.75) is 26.7 Å². The Morgan fingerprint density at radius 1 is 1.62 bits per heavy atom. The minimum Gasteiger partial charge on any atom is -0.317 e. The minimum atomic E-state index is 0.703. The van der Waals surface area contributed by atoms with Crippen LogP contribution in [-0.4, -0.2) is 6.54 Å². The molecule has 0 amide bonds. The largest absolute Gasteiger partial charge is 0.317 e. The Labute approximate surface area is 51.5 Å². The summed E-state index contributed by atoms with van der Waals surface area (Å²) in [6.45, 7) is 11.5. The third-order valence-corrected chi connectivity index (χ3v) is 1.43. The molecule has 0 heterocycles. The van der Waals surface area contributed by atoms with E-state index >= 15 is 0 Å². The molecule has 1 heteroatoms. The first-order valence-corrected chi connectivity index (χ1v) is 3.14. The van der Waals surface area contributed by atoms with Gasteiger partial charge in [-0.2, -0.15) is 0 Å². The van der Waals surface area contributed by atoms with Gasteiger partial charge in [-0.1, -0.05) is 20.3 Å². The van der Waals surface area contributed by atoms with Gasteiger partial charge in [-0.25, -0.2) is 6.57 Å². The highest BCUT2D eigenvalue weighted by Crippen LogP contribution is 2.04. The summed E-state index contributed by atoms with van der Waals surface area (Å²) in [6.07, 6.45) is 2.27. The van der Waals surface area contributed by atoms with Gasteiger partial charge in [0.05, 0.1) is 0 Å². The fourth-order valence-electron chi connectivity index (χ4n) is 0.489. The van der Waals surface area contributed by atoms with E-state index in [9.17, 15) is 0 Å². The predicted molar refractivity (Wildman–Crippen MR) is 35.5 cm³/mol. The maximum atomic E-state index is 6.50. The van der Waals surface area contributed by atoms with Gasteiger partial charge in [0.15, 0.2) is 0 Å². The molecule has 0 aliphatic rings. The highest BCUT2D eigenvalue weighted by atomic mass is 14.6. The number of nitrogens with zero attached hydrogens (tertiary/aromatic N) is 1. The van der Waals surface area contributed by atoms with Gasteiger partial charge in [0.2, 0.25) is 6.54 Å². The molecule has 1 unspecified atom stereocenters. The summed E-state index contributed by atoms with van der Waals surface area (Å²) >= 11 is 0. The van der Waals surface area contributed by atoms with Crippen molar-refractivity contribution in [1.29, 1.82) is 0 Å². The van der Waals surface area contributed by atoms with Crippen molar-refractivity contribution in [3.05, 3.63) is 11.4 Å². The average Bonchev–Trinajstić information content (AvgIpc) is 1.83. The topological polar surface area (TPSA) is 4.36 Å². The highest BCUT2D eigenvalue weighted by molar-refractivity contribution is 4.61. The molecule has 8 heavy (non-hydrogen) atoms. The standard InChI is InChI=1S/C7H13N/c1-4-7(2)5-6-8-3/h7H,4-6H2,1-2H3. The predicted octanol–water partition coefficient (Wildman–Crippen LogP) is 2.34. The lowest BCUT2D eigenvalue weighted by Crippen LogP contribution is -1.92. The first kappa shape index (κ1) is 7.49. The lowest BCUT2D eigenvalue weighted by molar-refractivity contribution is 0.538. The Kier molecular flexibility index (Phi) is 4.35. The second-order valence-corrected chi connectivity index (χ2v) is 2.18. The summed E-state index contributed by atoms with van der Waals surface area (Å²) < 4.78 is 0. The van der Waals surface area contributed by atoms with Crippen LogP contribution in [0.25, 0.3) is 4.85 Å². The molecule has 0 spiro atoms. The van der Waals surface area contributed by atoms with E-state index in [1.54, 1.807) is 0 Å². The summed E-state index contributed by atoms with van der Waals surface area (Å²) in [4.78, 5) is 3.27. The molecule has 0 radical (unpaired) electrons. The van der Waals surface area contributed by atoms with Crippen molar-refractivity contribution >= 4 is 0 Å². The van der Waals surface area contributed by atoms with Crippen LogP contribution in [0.15, 0.2) is 0 Å². The van der Waals surface area contributed by atoms with Gasteiger partial charge in [-0.3, -0.25) is 0 Å². The lowest BCUT2D eigenvalue weighted by Gasteiger charge is -1.99. The fraction of sp³-hybridized carbons (Fsp3) is 0.857. The zero-order chi connectivity index (χ0) is 6.41. The van der Waals surface area contributed by atoms with E-state index in [1.807, 2.05) is 0 Å². The maximum absolute atomic E-state index is 6.50. The second kappa shape index (κ2) is 4.64. The molecule has 1 atom stereocenters. The molecule has 0 aliphatic heterocycles. The number of hydrogen-bond acceptors (Lipinski definition) is 0. The van der Waals surface area contributed by atoms with Crippen LogP contribution in [0.1, 0.15) is 26.7 Å². The highest BCUT2D eigenvalue weighted by Gasteiger charge is 1.97. The van der Waals surface area contributed by atoms with Crippen LogP contribution in [0, 0.1) is 12.5 Å². The van der Waals surface area contributed by atoms with Gasteiger partial charge < -0.3 is 4.85 Å². The SMILES string of the molecule is [C-]#[N+]CCC(C)CC. The Bertz CT molecular complexity index is 80.9. The fourth-order valence-corrected chi connectivity index (χ4v) is 0.489. The molecule has 0 aromatic heterocycles. The molecule has 0 aromatic rings. The molecular formula is C7H13N. The van der Waals surface area contributed by atoms with Gasteiger partial charge in [0.25, 0.3) is 0 Å². The summed E-state index contributed by atoms with van der Waals surface area (Å²) in [7, 11) is 0. The van der Waals surface area contributed by atoms with Crippen molar-refractivity contribution in [3.63, 3.8) is 0 Å². The van der Waals surface area contributed by atoms with Gasteiger partial charge in [-0.05, 0) is 5.92 Å². The molecule has 0 fully saturated rings. The molecule has 0 saturated carbocycles. The van der Waals surface area contributed by atoms with Crippen LogP contribution < -0.4 is 0 Å². The first-order valence-electron chi connectivity index (χ1n) is 3.14. The Morgan fingerprint density at radius 2 is 2.25 bits per heavy atom. The smallest absolute Gasteiger partial charge is 0.214 e. The van der Waals surface area contributed by atoms with Gasteiger partial charge in [0, 0.05) is 6.42 Å². The van der Waals surface area contributed by atoms with Crippen molar-refractivity contribution in [3.8, 4) is 0 Å². The zero-order valence-electron chi connectivity index (χ0n) is 5.65. The van der Waals surface area contributed by atoms with Crippen LogP contribution in [0.4, 0.5) is 0 Å². The minimum absolute atomic E-state index is 0.703. The van der Waals surface area contributed by atoms with Gasteiger partial charge in [-0.15, -0.1) is 0 Å². The van der Waals surface area contributed by atoms with E-state index in [1.165, 1.54) is 6.42 Å². The number of rotatable bonds is 3. The van der Waals surface area contributed by atoms with Crippen LogP contribution in [0.5, 0.6) is 0 Å². The molecule has 0 N–H and O–H groups in total. The first-order chi connectivity index (χ1) is 3.81. The normalized spacial score (nSPS) is 12.6. The van der Waals surface area contributed by atoms with E-state index in [2.05, 4.69) is 18.7 Å². The Balaban J connectivity index is 3.01. The molecule has 0 saturated heterocycles. The molecule has 0 aromatic carbocycles. The Hall–Kier alpha value is -0.510. The summed E-state index contributed by atoms with van der Waals surface area (Å²) in [6, 6.07) is 0. The molecule has 0 rings (SSSR count). The number of hydrogen-bond donors (Lipinski definition) is 0. The molecule has 0 aliphatic carbocycles. The van der Waals surface area contributed by atoms with E-state index < -0.39 is 0 Å². The molecule has 1 nitrogen and oxygen atoms in total. The summed E-state index contributed by atoms with van der Waals surface area (Å²) in [5.74, 6) is 0.740. The van der Waals surface area contributed by atoms with E-state index in [0.717, 1.165) is 12.3 Å². The van der Waals surface area contributed by atoms with Gasteiger partial charge >= 0.3 is 0 Å². The monoisotopic (exact) mass is 111 g/mol. The van der Waals surface area contributed by atoms with Crippen LogP contribution in [0.2, 0.25) is 0 Å². The quantitative estimate of drug-likeness (QED) is 0.492. The maximum Gasteiger partial charge on any atom is 0.214 e. The molecule has 0 bridgehead atoms. The van der Waals surface area contributed by atoms with E-state index in [0.29, 0.717) is 6.54 Å². The lowest BCUT2D eigenvalue weighted by atomic mass is 10.1. The average molecular weight is 111 g/mol. The zero-order valence-corrected chi connectivity index (χ0v) is 5.65. The van der Waals surface area contributed by atoms with Gasteiger partial charge in [0.1, 0.15) is 0 Å². The summed E-state index contributed by atoms with van der Waals surface area (Å²) in [5.41, 5.74) is 0.